The topological polar surface area (TPSA) is 9.23 Å². The fourth-order valence-corrected chi connectivity index (χ4v) is 2.74. The van der Waals surface area contributed by atoms with E-state index >= 15 is 0 Å². The molecule has 0 radical (unpaired) electrons. The first-order valence-corrected chi connectivity index (χ1v) is 9.83. The highest BCUT2D eigenvalue weighted by Crippen LogP contribution is 2.41. The van der Waals surface area contributed by atoms with Gasteiger partial charge in [0.2, 0.25) is 8.32 Å². The van der Waals surface area contributed by atoms with Crippen molar-refractivity contribution in [1.29, 1.82) is 0 Å². The number of benzene rings is 1. The SMILES string of the molecule is CC1CC1/C=C(\O[Si](C)(C)C)c1ccccc1. The number of hydrogen-bond donors (Lipinski definition) is 0. The Hall–Kier alpha value is -1.02. The van der Waals surface area contributed by atoms with Crippen molar-refractivity contribution in [3.05, 3.63) is 42.0 Å². The Bertz CT molecular complexity index is 403. The van der Waals surface area contributed by atoms with Gasteiger partial charge in [-0.2, -0.15) is 0 Å². The molecule has 0 amide bonds. The van der Waals surface area contributed by atoms with Crippen LogP contribution in [0.2, 0.25) is 19.6 Å². The summed E-state index contributed by atoms with van der Waals surface area (Å²) < 4.78 is 6.22. The zero-order valence-corrected chi connectivity index (χ0v) is 12.2. The van der Waals surface area contributed by atoms with Crippen molar-refractivity contribution < 1.29 is 4.43 Å². The van der Waals surface area contributed by atoms with Crippen LogP contribution in [-0.4, -0.2) is 8.32 Å². The molecular weight excluding hydrogens is 224 g/mol. The van der Waals surface area contributed by atoms with Crippen molar-refractivity contribution in [2.24, 2.45) is 11.8 Å². The largest absolute Gasteiger partial charge is 0.544 e. The van der Waals surface area contributed by atoms with E-state index in [1.165, 1.54) is 12.0 Å². The Labute approximate surface area is 106 Å². The molecule has 1 aliphatic carbocycles. The van der Waals surface area contributed by atoms with Gasteiger partial charge in [0.15, 0.2) is 0 Å². The molecule has 0 saturated heterocycles. The summed E-state index contributed by atoms with van der Waals surface area (Å²) in [6.07, 6.45) is 3.64. The van der Waals surface area contributed by atoms with Gasteiger partial charge in [0.05, 0.1) is 0 Å². The van der Waals surface area contributed by atoms with Gasteiger partial charge in [0.1, 0.15) is 5.76 Å². The van der Waals surface area contributed by atoms with E-state index in [0.29, 0.717) is 0 Å². The Morgan fingerprint density at radius 2 is 1.82 bits per heavy atom. The van der Waals surface area contributed by atoms with E-state index in [1.54, 1.807) is 0 Å². The molecule has 0 aromatic heterocycles. The van der Waals surface area contributed by atoms with Crippen molar-refractivity contribution in [2.75, 3.05) is 0 Å². The first kappa shape index (κ1) is 12.4. The molecule has 1 aliphatic rings. The van der Waals surface area contributed by atoms with Crippen LogP contribution in [0.4, 0.5) is 0 Å². The predicted molar refractivity (Wildman–Crippen MR) is 76.1 cm³/mol. The number of allylic oxidation sites excluding steroid dienone is 1. The highest BCUT2D eigenvalue weighted by molar-refractivity contribution is 6.70. The lowest BCUT2D eigenvalue weighted by Crippen LogP contribution is -2.24. The molecule has 2 rings (SSSR count). The lowest BCUT2D eigenvalue weighted by molar-refractivity contribution is 0.511. The molecule has 1 aromatic rings. The summed E-state index contributed by atoms with van der Waals surface area (Å²) in [5, 5.41) is 0. The third kappa shape index (κ3) is 3.74. The van der Waals surface area contributed by atoms with Gasteiger partial charge in [-0.15, -0.1) is 0 Å². The summed E-state index contributed by atoms with van der Waals surface area (Å²) in [7, 11) is -1.53. The van der Waals surface area contributed by atoms with Gasteiger partial charge in [-0.3, -0.25) is 0 Å². The van der Waals surface area contributed by atoms with Crippen LogP contribution in [-0.2, 0) is 4.43 Å². The predicted octanol–water partition coefficient (Wildman–Crippen LogP) is 4.54. The molecule has 1 aromatic carbocycles. The quantitative estimate of drug-likeness (QED) is 0.560. The van der Waals surface area contributed by atoms with Crippen LogP contribution in [0.25, 0.3) is 5.76 Å². The molecule has 1 nitrogen and oxygen atoms in total. The van der Waals surface area contributed by atoms with Crippen LogP contribution in [0.3, 0.4) is 0 Å². The van der Waals surface area contributed by atoms with Gasteiger partial charge >= 0.3 is 0 Å². The first-order chi connectivity index (χ1) is 7.96. The zero-order chi connectivity index (χ0) is 12.5. The van der Waals surface area contributed by atoms with E-state index in [1.807, 2.05) is 0 Å². The van der Waals surface area contributed by atoms with Crippen LogP contribution in [0.15, 0.2) is 36.4 Å². The van der Waals surface area contributed by atoms with E-state index in [0.717, 1.165) is 17.6 Å². The second-order valence-corrected chi connectivity index (χ2v) is 10.4. The van der Waals surface area contributed by atoms with Crippen LogP contribution < -0.4 is 0 Å². The first-order valence-electron chi connectivity index (χ1n) is 6.42. The van der Waals surface area contributed by atoms with Crippen molar-refractivity contribution in [1.82, 2.24) is 0 Å². The van der Waals surface area contributed by atoms with Gasteiger partial charge in [-0.05, 0) is 44.0 Å². The summed E-state index contributed by atoms with van der Waals surface area (Å²) in [6, 6.07) is 10.5. The van der Waals surface area contributed by atoms with Crippen LogP contribution in [0, 0.1) is 11.8 Å². The molecule has 0 N–H and O–H groups in total. The average Bonchev–Trinajstić information content (AvgIpc) is 2.93. The number of rotatable bonds is 4. The second-order valence-electron chi connectivity index (χ2n) is 5.99. The average molecular weight is 246 g/mol. The van der Waals surface area contributed by atoms with Gasteiger partial charge in [0.25, 0.3) is 0 Å². The smallest absolute Gasteiger partial charge is 0.242 e. The molecule has 92 valence electrons. The minimum atomic E-state index is -1.53. The second kappa shape index (κ2) is 4.69. The lowest BCUT2D eigenvalue weighted by Gasteiger charge is -2.22. The monoisotopic (exact) mass is 246 g/mol. The lowest BCUT2D eigenvalue weighted by atomic mass is 10.1. The summed E-state index contributed by atoms with van der Waals surface area (Å²) >= 11 is 0. The van der Waals surface area contributed by atoms with Crippen LogP contribution in [0.5, 0.6) is 0 Å². The normalized spacial score (nSPS) is 24.6. The zero-order valence-electron chi connectivity index (χ0n) is 11.2. The van der Waals surface area contributed by atoms with E-state index in [-0.39, 0.29) is 0 Å². The molecule has 17 heavy (non-hydrogen) atoms. The maximum Gasteiger partial charge on any atom is 0.242 e. The fourth-order valence-electron chi connectivity index (χ4n) is 1.90. The van der Waals surface area contributed by atoms with Crippen LogP contribution in [0.1, 0.15) is 18.9 Å². The third-order valence-electron chi connectivity index (χ3n) is 3.01. The minimum Gasteiger partial charge on any atom is -0.544 e. The Morgan fingerprint density at radius 1 is 1.24 bits per heavy atom. The molecule has 0 aliphatic heterocycles. The van der Waals surface area contributed by atoms with Crippen molar-refractivity contribution in [3.63, 3.8) is 0 Å². The van der Waals surface area contributed by atoms with Crippen molar-refractivity contribution in [3.8, 4) is 0 Å². The van der Waals surface area contributed by atoms with Crippen molar-refractivity contribution in [2.45, 2.75) is 33.0 Å². The fraction of sp³-hybridized carbons (Fsp3) is 0.467. The van der Waals surface area contributed by atoms with Gasteiger partial charge in [0, 0.05) is 5.56 Å². The summed E-state index contributed by atoms with van der Waals surface area (Å²) in [6.45, 7) is 9.01. The third-order valence-corrected chi connectivity index (χ3v) is 3.84. The molecule has 2 heteroatoms. The van der Waals surface area contributed by atoms with E-state index in [9.17, 15) is 0 Å². The summed E-state index contributed by atoms with van der Waals surface area (Å²) in [5.41, 5.74) is 1.22. The Balaban J connectivity index is 2.22. The molecule has 1 saturated carbocycles. The van der Waals surface area contributed by atoms with Gasteiger partial charge < -0.3 is 4.43 Å². The molecule has 0 bridgehead atoms. The van der Waals surface area contributed by atoms with Crippen LogP contribution >= 0.6 is 0 Å². The minimum absolute atomic E-state index is 0.724. The maximum atomic E-state index is 6.22. The Morgan fingerprint density at radius 3 is 2.29 bits per heavy atom. The van der Waals surface area contributed by atoms with E-state index in [2.05, 4.69) is 63.0 Å². The van der Waals surface area contributed by atoms with E-state index < -0.39 is 8.32 Å². The molecule has 2 unspecified atom stereocenters. The molecule has 2 atom stereocenters. The number of hydrogen-bond acceptors (Lipinski definition) is 1. The van der Waals surface area contributed by atoms with Gasteiger partial charge in [-0.1, -0.05) is 37.3 Å². The van der Waals surface area contributed by atoms with Crippen molar-refractivity contribution >= 4 is 14.1 Å². The maximum absolute atomic E-state index is 6.22. The molecule has 0 spiro atoms. The Kier molecular flexibility index (Phi) is 3.43. The molecule has 1 fully saturated rings. The standard InChI is InChI=1S/C15H22OSi/c1-12-10-14(12)11-15(16-17(2,3)4)13-8-6-5-7-9-13/h5-9,11-12,14H,10H2,1-4H3/b15-11-. The molecular formula is C15H22OSi. The highest BCUT2D eigenvalue weighted by atomic mass is 28.4. The van der Waals surface area contributed by atoms with Gasteiger partial charge in [-0.25, -0.2) is 0 Å². The highest BCUT2D eigenvalue weighted by Gasteiger charge is 2.32. The molecule has 0 heterocycles. The summed E-state index contributed by atoms with van der Waals surface area (Å²) in [5.74, 6) is 2.65. The summed E-state index contributed by atoms with van der Waals surface area (Å²) in [4.78, 5) is 0. The van der Waals surface area contributed by atoms with E-state index in [4.69, 9.17) is 4.43 Å².